The zero-order chi connectivity index (χ0) is 29.7. The minimum absolute atomic E-state index is 0.0958. The molecule has 9 heteroatoms. The standard InChI is InChI=1S/C33H53NO8/c1-16-4-7-27-33(3,40)22-6-5-18-19(21(22)14-34(27)13-16)11-23-20(18)12-25(36)24-10-17(8-9-32(23,24)2)41-31-30(39)29(38)28(37)26(15-35)42-31/h16-24,26-31,35,37-40H,4-15H2,1-3H3/t16-,17-,18+,19+,20-,21-,22+,23-,24+,26+,27-,28+,29-,30+,31-,32+,33-/m0/s1. The number of hydrogen-bond donors (Lipinski definition) is 5. The maximum absolute atomic E-state index is 13.9. The first-order valence-electron chi connectivity index (χ1n) is 16.9. The number of ether oxygens (including phenoxy) is 2. The predicted octanol–water partition coefficient (Wildman–Crippen LogP) is 1.71. The molecule has 0 bridgehead atoms. The van der Waals surface area contributed by atoms with Gasteiger partial charge in [-0.25, -0.2) is 0 Å². The number of hydrogen-bond acceptors (Lipinski definition) is 9. The fourth-order valence-electron chi connectivity index (χ4n) is 11.8. The van der Waals surface area contributed by atoms with E-state index in [1.165, 1.54) is 6.42 Å². The zero-order valence-corrected chi connectivity index (χ0v) is 25.6. The van der Waals surface area contributed by atoms with Gasteiger partial charge in [0.05, 0.1) is 18.3 Å². The SMILES string of the molecule is C[C@H]1CC[C@@H]2N(C1)C[C@H]1[C@@H]3C[C@H]4[C@@H](CC(=O)[C@H]5C[C@@H](O[C@H]6O[C@H](CO)[C@@H](O)[C@H](O)[C@H]6O)CC[C@@]54C)[C@@H]3CC[C@H]1[C@]2(C)O. The Kier molecular flexibility index (Phi) is 7.66. The molecule has 17 atom stereocenters. The molecule has 0 radical (unpaired) electrons. The molecule has 42 heavy (non-hydrogen) atoms. The number of aliphatic hydroxyl groups excluding tert-OH is 4. The first-order chi connectivity index (χ1) is 19.9. The van der Waals surface area contributed by atoms with Gasteiger partial charge in [0.1, 0.15) is 30.2 Å². The summed E-state index contributed by atoms with van der Waals surface area (Å²) in [5, 5.41) is 52.4. The number of aliphatic hydroxyl groups is 5. The summed E-state index contributed by atoms with van der Waals surface area (Å²) in [5.41, 5.74) is -0.745. The first kappa shape index (κ1) is 30.0. The molecule has 4 saturated carbocycles. The molecule has 0 spiro atoms. The number of carbonyl (C=O) groups is 1. The van der Waals surface area contributed by atoms with Crippen LogP contribution in [0.4, 0.5) is 0 Å². The Morgan fingerprint density at radius 2 is 1.69 bits per heavy atom. The van der Waals surface area contributed by atoms with Crippen molar-refractivity contribution >= 4 is 5.78 Å². The van der Waals surface area contributed by atoms with Gasteiger partial charge in [-0.2, -0.15) is 0 Å². The third-order valence-electron chi connectivity index (χ3n) is 14.0. The van der Waals surface area contributed by atoms with E-state index in [1.807, 2.05) is 0 Å². The molecule has 7 fully saturated rings. The van der Waals surface area contributed by atoms with Gasteiger partial charge in [0.25, 0.3) is 0 Å². The molecule has 0 unspecified atom stereocenters. The number of rotatable bonds is 3. The Bertz CT molecular complexity index is 1040. The molecule has 0 aromatic carbocycles. The lowest BCUT2D eigenvalue weighted by Crippen LogP contribution is -2.67. The predicted molar refractivity (Wildman–Crippen MR) is 153 cm³/mol. The van der Waals surface area contributed by atoms with E-state index in [0.717, 1.165) is 51.6 Å². The second-order valence-electron chi connectivity index (χ2n) is 16.0. The van der Waals surface area contributed by atoms with E-state index < -0.39 is 42.9 Å². The smallest absolute Gasteiger partial charge is 0.186 e. The Morgan fingerprint density at radius 3 is 2.45 bits per heavy atom. The normalized spacial score (nSPS) is 57.9. The lowest BCUT2D eigenvalue weighted by atomic mass is 9.51. The second kappa shape index (κ2) is 10.7. The summed E-state index contributed by atoms with van der Waals surface area (Å²) >= 11 is 0. The van der Waals surface area contributed by atoms with Crippen LogP contribution in [0.5, 0.6) is 0 Å². The van der Waals surface area contributed by atoms with Gasteiger partial charge >= 0.3 is 0 Å². The second-order valence-corrected chi connectivity index (χ2v) is 16.0. The van der Waals surface area contributed by atoms with Crippen molar-refractivity contribution in [1.29, 1.82) is 0 Å². The summed E-state index contributed by atoms with van der Waals surface area (Å²) in [6.45, 7) is 8.49. The Balaban J connectivity index is 1.07. The van der Waals surface area contributed by atoms with Gasteiger partial charge in [-0.15, -0.1) is 0 Å². The van der Waals surface area contributed by atoms with Crippen molar-refractivity contribution in [2.24, 2.45) is 52.8 Å². The highest BCUT2D eigenvalue weighted by Crippen LogP contribution is 2.66. The fraction of sp³-hybridized carbons (Fsp3) is 0.970. The summed E-state index contributed by atoms with van der Waals surface area (Å²) in [5.74, 6) is 3.79. The van der Waals surface area contributed by atoms with Crippen LogP contribution < -0.4 is 0 Å². The molecule has 0 amide bonds. The molecular weight excluding hydrogens is 538 g/mol. The average Bonchev–Trinajstić information content (AvgIpc) is 3.33. The maximum Gasteiger partial charge on any atom is 0.186 e. The van der Waals surface area contributed by atoms with Crippen LogP contribution in [0.2, 0.25) is 0 Å². The topological polar surface area (TPSA) is 140 Å². The highest BCUT2D eigenvalue weighted by atomic mass is 16.7. The third kappa shape index (κ3) is 4.50. The lowest BCUT2D eigenvalue weighted by Gasteiger charge is -2.59. The minimum atomic E-state index is -1.47. The number of fused-ring (bicyclic) bond motifs is 8. The molecule has 0 aromatic heterocycles. The molecule has 3 heterocycles. The Morgan fingerprint density at radius 1 is 0.905 bits per heavy atom. The van der Waals surface area contributed by atoms with Gasteiger partial charge in [0.2, 0.25) is 0 Å². The van der Waals surface area contributed by atoms with E-state index >= 15 is 0 Å². The van der Waals surface area contributed by atoms with Crippen molar-refractivity contribution in [2.75, 3.05) is 19.7 Å². The highest BCUT2D eigenvalue weighted by molar-refractivity contribution is 5.83. The molecule has 0 aromatic rings. The largest absolute Gasteiger partial charge is 0.394 e. The molecule has 3 aliphatic heterocycles. The molecule has 3 saturated heterocycles. The van der Waals surface area contributed by atoms with E-state index in [9.17, 15) is 30.3 Å². The minimum Gasteiger partial charge on any atom is -0.394 e. The monoisotopic (exact) mass is 591 g/mol. The van der Waals surface area contributed by atoms with Crippen LogP contribution in [-0.4, -0.2) is 104 Å². The van der Waals surface area contributed by atoms with Gasteiger partial charge < -0.3 is 35.0 Å². The van der Waals surface area contributed by atoms with Crippen LogP contribution in [0.15, 0.2) is 0 Å². The average molecular weight is 592 g/mol. The van der Waals surface area contributed by atoms with Crippen LogP contribution in [-0.2, 0) is 14.3 Å². The van der Waals surface area contributed by atoms with Crippen molar-refractivity contribution in [3.05, 3.63) is 0 Å². The van der Waals surface area contributed by atoms with E-state index in [1.54, 1.807) is 0 Å². The number of piperidine rings is 2. The van der Waals surface area contributed by atoms with Crippen LogP contribution in [0, 0.1) is 52.8 Å². The first-order valence-corrected chi connectivity index (χ1v) is 16.9. The lowest BCUT2D eigenvalue weighted by molar-refractivity contribution is -0.315. The van der Waals surface area contributed by atoms with Gasteiger partial charge in [-0.05, 0) is 105 Å². The quantitative estimate of drug-likeness (QED) is 0.310. The number of nitrogens with zero attached hydrogens (tertiary/aromatic N) is 1. The molecular formula is C33H53NO8. The summed E-state index contributed by atoms with van der Waals surface area (Å²) in [6.07, 6.45) is 1.67. The van der Waals surface area contributed by atoms with Gasteiger partial charge in [-0.1, -0.05) is 13.8 Å². The molecule has 4 aliphatic carbocycles. The fourth-order valence-corrected chi connectivity index (χ4v) is 11.8. The van der Waals surface area contributed by atoms with E-state index in [2.05, 4.69) is 25.7 Å². The zero-order valence-electron chi connectivity index (χ0n) is 25.6. The van der Waals surface area contributed by atoms with E-state index in [4.69, 9.17) is 9.47 Å². The summed E-state index contributed by atoms with van der Waals surface area (Å²) in [7, 11) is 0. The third-order valence-corrected chi connectivity index (χ3v) is 14.0. The van der Waals surface area contributed by atoms with Crippen LogP contribution in [0.3, 0.4) is 0 Å². The molecule has 238 valence electrons. The number of carbonyl (C=O) groups excluding carboxylic acids is 1. The summed E-state index contributed by atoms with van der Waals surface area (Å²) in [4.78, 5) is 16.5. The van der Waals surface area contributed by atoms with Crippen molar-refractivity contribution in [3.63, 3.8) is 0 Å². The van der Waals surface area contributed by atoms with Gasteiger partial charge in [-0.3, -0.25) is 9.69 Å². The van der Waals surface area contributed by atoms with Crippen molar-refractivity contribution in [2.45, 2.75) is 127 Å². The van der Waals surface area contributed by atoms with Crippen LogP contribution in [0.25, 0.3) is 0 Å². The summed E-state index contributed by atoms with van der Waals surface area (Å²) in [6, 6.07) is 0.276. The van der Waals surface area contributed by atoms with E-state index in [-0.39, 0.29) is 23.5 Å². The van der Waals surface area contributed by atoms with Crippen molar-refractivity contribution in [3.8, 4) is 0 Å². The van der Waals surface area contributed by atoms with Crippen molar-refractivity contribution < 1.29 is 39.8 Å². The number of ketones is 1. The van der Waals surface area contributed by atoms with E-state index in [0.29, 0.717) is 60.1 Å². The molecule has 5 N–H and O–H groups in total. The van der Waals surface area contributed by atoms with Gasteiger partial charge in [0, 0.05) is 31.5 Å². The highest BCUT2D eigenvalue weighted by Gasteiger charge is 2.64. The number of Topliss-reactive ketones (excluding diaryl/α,β-unsaturated/α-hetero) is 1. The molecule has 9 nitrogen and oxygen atoms in total. The van der Waals surface area contributed by atoms with Crippen LogP contribution in [0.1, 0.15) is 78.6 Å². The summed E-state index contributed by atoms with van der Waals surface area (Å²) < 4.78 is 11.8. The van der Waals surface area contributed by atoms with Crippen molar-refractivity contribution in [1.82, 2.24) is 4.90 Å². The Hall–Kier alpha value is -0.650. The molecule has 7 aliphatic rings. The van der Waals surface area contributed by atoms with Crippen LogP contribution >= 0.6 is 0 Å². The maximum atomic E-state index is 13.9. The Labute approximate surface area is 249 Å². The molecule has 7 rings (SSSR count). The van der Waals surface area contributed by atoms with Gasteiger partial charge in [0.15, 0.2) is 6.29 Å².